The summed E-state index contributed by atoms with van der Waals surface area (Å²) in [6.45, 7) is 1.28. The van der Waals surface area contributed by atoms with Crippen LogP contribution < -0.4 is 10.6 Å². The molecule has 1 aliphatic heterocycles. The molecular formula is C23H27Cl2FN6O2. The molecule has 182 valence electrons. The Hall–Kier alpha value is -2.49. The topological polar surface area (TPSA) is 105 Å². The van der Waals surface area contributed by atoms with Crippen LogP contribution >= 0.6 is 24.0 Å². The Balaban J connectivity index is 0.00000274. The molecule has 0 spiro atoms. The van der Waals surface area contributed by atoms with Gasteiger partial charge in [0.1, 0.15) is 5.65 Å². The standard InChI is InChI=1S/C23H26ClFN6O2.ClH/c24-14-8-17-18(11-27-20(17)26-10-14)21-28-12-19(25)22(31-21)29-15-2-1-3-16(9-15)30-23(32)13-4-6-33-7-5-13;/h8,10-13,15-16H,1-7,9H2,(H,26,27)(H,30,32)(H,28,29,31);1H/t15-,16+;/m0./s1. The highest BCUT2D eigenvalue weighted by Gasteiger charge is 2.28. The van der Waals surface area contributed by atoms with Gasteiger partial charge in [-0.2, -0.15) is 0 Å². The van der Waals surface area contributed by atoms with Gasteiger partial charge >= 0.3 is 0 Å². The molecule has 4 heterocycles. The van der Waals surface area contributed by atoms with Gasteiger partial charge in [-0.05, 0) is 44.6 Å². The lowest BCUT2D eigenvalue weighted by Gasteiger charge is -2.32. The second-order valence-corrected chi connectivity index (χ2v) is 9.18. The van der Waals surface area contributed by atoms with Gasteiger partial charge in [0.2, 0.25) is 5.91 Å². The monoisotopic (exact) mass is 508 g/mol. The molecule has 3 aromatic heterocycles. The van der Waals surface area contributed by atoms with Crippen molar-refractivity contribution < 1.29 is 13.9 Å². The minimum Gasteiger partial charge on any atom is -0.381 e. The van der Waals surface area contributed by atoms with Crippen molar-refractivity contribution in [2.75, 3.05) is 18.5 Å². The normalized spacial score (nSPS) is 21.1. The number of amides is 1. The highest BCUT2D eigenvalue weighted by molar-refractivity contribution is 6.31. The zero-order chi connectivity index (χ0) is 22.8. The van der Waals surface area contributed by atoms with Gasteiger partial charge in [0.25, 0.3) is 0 Å². The fraction of sp³-hybridized carbons (Fsp3) is 0.478. The lowest BCUT2D eigenvalue weighted by molar-refractivity contribution is -0.128. The zero-order valence-corrected chi connectivity index (χ0v) is 20.1. The van der Waals surface area contributed by atoms with Gasteiger partial charge in [0, 0.05) is 54.6 Å². The van der Waals surface area contributed by atoms with Crippen molar-refractivity contribution >= 4 is 46.8 Å². The fourth-order valence-corrected chi connectivity index (χ4v) is 4.84. The number of pyridine rings is 1. The first-order valence-electron chi connectivity index (χ1n) is 11.4. The molecule has 1 aliphatic carbocycles. The van der Waals surface area contributed by atoms with Crippen molar-refractivity contribution in [3.8, 4) is 11.4 Å². The molecule has 34 heavy (non-hydrogen) atoms. The van der Waals surface area contributed by atoms with Gasteiger partial charge < -0.3 is 20.4 Å². The van der Waals surface area contributed by atoms with E-state index in [0.717, 1.165) is 43.9 Å². The van der Waals surface area contributed by atoms with E-state index in [0.29, 0.717) is 35.3 Å². The molecule has 0 bridgehead atoms. The number of carbonyl (C=O) groups excluding carboxylic acids is 1. The maximum absolute atomic E-state index is 14.6. The average molecular weight is 509 g/mol. The number of aromatic amines is 1. The molecule has 0 aromatic carbocycles. The number of carbonyl (C=O) groups is 1. The molecule has 3 aromatic rings. The van der Waals surface area contributed by atoms with Crippen LogP contribution in [0.25, 0.3) is 22.4 Å². The third-order valence-corrected chi connectivity index (χ3v) is 6.64. The first-order chi connectivity index (χ1) is 16.1. The summed E-state index contributed by atoms with van der Waals surface area (Å²) in [5.41, 5.74) is 1.36. The lowest BCUT2D eigenvalue weighted by Crippen LogP contribution is -2.45. The maximum atomic E-state index is 14.6. The molecule has 3 N–H and O–H groups in total. The van der Waals surface area contributed by atoms with E-state index in [-0.39, 0.29) is 42.1 Å². The Bertz CT molecular complexity index is 1150. The summed E-state index contributed by atoms with van der Waals surface area (Å²) in [6.07, 6.45) is 9.49. The van der Waals surface area contributed by atoms with E-state index < -0.39 is 5.82 Å². The summed E-state index contributed by atoms with van der Waals surface area (Å²) < 4.78 is 19.9. The van der Waals surface area contributed by atoms with Crippen LogP contribution in [0.1, 0.15) is 38.5 Å². The van der Waals surface area contributed by atoms with Crippen molar-refractivity contribution in [2.24, 2.45) is 5.92 Å². The van der Waals surface area contributed by atoms with E-state index in [1.807, 2.05) is 0 Å². The van der Waals surface area contributed by atoms with Gasteiger partial charge in [-0.25, -0.2) is 19.3 Å². The Morgan fingerprint density at radius 1 is 1.15 bits per heavy atom. The molecule has 11 heteroatoms. The second kappa shape index (κ2) is 10.8. The number of H-pyrrole nitrogens is 1. The van der Waals surface area contributed by atoms with Gasteiger partial charge in [0.15, 0.2) is 17.5 Å². The molecule has 2 aliphatic rings. The second-order valence-electron chi connectivity index (χ2n) is 8.74. The summed E-state index contributed by atoms with van der Waals surface area (Å²) >= 11 is 6.09. The Morgan fingerprint density at radius 2 is 1.94 bits per heavy atom. The molecule has 0 radical (unpaired) electrons. The van der Waals surface area contributed by atoms with E-state index in [2.05, 4.69) is 30.6 Å². The van der Waals surface area contributed by atoms with Crippen molar-refractivity contribution in [3.05, 3.63) is 35.5 Å². The Morgan fingerprint density at radius 3 is 2.76 bits per heavy atom. The van der Waals surface area contributed by atoms with Crippen LogP contribution in [-0.4, -0.2) is 51.1 Å². The number of rotatable bonds is 5. The van der Waals surface area contributed by atoms with Crippen LogP contribution in [0, 0.1) is 11.7 Å². The van der Waals surface area contributed by atoms with E-state index >= 15 is 0 Å². The number of hydrogen-bond acceptors (Lipinski definition) is 6. The smallest absolute Gasteiger partial charge is 0.223 e. The number of ether oxygens (including phenoxy) is 1. The first-order valence-corrected chi connectivity index (χ1v) is 11.7. The van der Waals surface area contributed by atoms with Gasteiger partial charge in [-0.15, -0.1) is 12.4 Å². The van der Waals surface area contributed by atoms with Crippen LogP contribution in [0.15, 0.2) is 24.7 Å². The van der Waals surface area contributed by atoms with Gasteiger partial charge in [-0.1, -0.05) is 11.6 Å². The summed E-state index contributed by atoms with van der Waals surface area (Å²) in [6, 6.07) is 1.86. The molecule has 0 unspecified atom stereocenters. The molecule has 5 rings (SSSR count). The Kier molecular flexibility index (Phi) is 7.85. The highest BCUT2D eigenvalue weighted by Crippen LogP contribution is 2.29. The van der Waals surface area contributed by atoms with Crippen molar-refractivity contribution in [1.29, 1.82) is 0 Å². The molecule has 2 atom stereocenters. The van der Waals surface area contributed by atoms with Crippen molar-refractivity contribution in [3.63, 3.8) is 0 Å². The minimum atomic E-state index is -0.511. The van der Waals surface area contributed by atoms with Crippen molar-refractivity contribution in [2.45, 2.75) is 50.6 Å². The summed E-state index contributed by atoms with van der Waals surface area (Å²) in [7, 11) is 0. The predicted octanol–water partition coefficient (Wildman–Crippen LogP) is 4.50. The van der Waals surface area contributed by atoms with Crippen LogP contribution in [0.2, 0.25) is 5.02 Å². The number of nitrogens with zero attached hydrogens (tertiary/aromatic N) is 3. The molecule has 2 fully saturated rings. The first kappa shape index (κ1) is 24.6. The highest BCUT2D eigenvalue weighted by atomic mass is 35.5. The van der Waals surface area contributed by atoms with E-state index in [1.165, 1.54) is 6.20 Å². The number of halogens is 3. The summed E-state index contributed by atoms with van der Waals surface area (Å²) in [5.74, 6) is 0.155. The SMILES string of the molecule is Cl.O=C(N[C@@H]1CCC[C@H](Nc2nc(-c3c[nH]c4ncc(Cl)cc34)ncc2F)C1)C1CCOCC1. The van der Waals surface area contributed by atoms with E-state index in [1.54, 1.807) is 18.5 Å². The van der Waals surface area contributed by atoms with Crippen LogP contribution in [-0.2, 0) is 9.53 Å². The molecule has 1 amide bonds. The predicted molar refractivity (Wildman–Crippen MR) is 131 cm³/mol. The van der Waals surface area contributed by atoms with Gasteiger partial charge in [0.05, 0.1) is 11.2 Å². The zero-order valence-electron chi connectivity index (χ0n) is 18.5. The number of aromatic nitrogens is 4. The third kappa shape index (κ3) is 5.42. The molecular weight excluding hydrogens is 482 g/mol. The van der Waals surface area contributed by atoms with Crippen molar-refractivity contribution in [1.82, 2.24) is 25.3 Å². The molecule has 1 saturated heterocycles. The van der Waals surface area contributed by atoms with Gasteiger partial charge in [-0.3, -0.25) is 4.79 Å². The van der Waals surface area contributed by atoms with E-state index in [4.69, 9.17) is 16.3 Å². The number of fused-ring (bicyclic) bond motifs is 1. The third-order valence-electron chi connectivity index (χ3n) is 6.44. The fourth-order valence-electron chi connectivity index (χ4n) is 4.69. The number of nitrogens with one attached hydrogen (secondary N) is 3. The average Bonchev–Trinajstić information content (AvgIpc) is 3.24. The quantitative estimate of drug-likeness (QED) is 0.468. The summed E-state index contributed by atoms with van der Waals surface area (Å²) in [4.78, 5) is 28.6. The number of hydrogen-bond donors (Lipinski definition) is 3. The molecule has 1 saturated carbocycles. The van der Waals surface area contributed by atoms with Crippen LogP contribution in [0.3, 0.4) is 0 Å². The number of anilines is 1. The minimum absolute atomic E-state index is 0. The van der Waals surface area contributed by atoms with Crippen LogP contribution in [0.5, 0.6) is 0 Å². The van der Waals surface area contributed by atoms with E-state index in [9.17, 15) is 9.18 Å². The van der Waals surface area contributed by atoms with Crippen LogP contribution in [0.4, 0.5) is 10.2 Å². The lowest BCUT2D eigenvalue weighted by atomic mass is 9.90. The Labute approximate surface area is 207 Å². The maximum Gasteiger partial charge on any atom is 0.223 e. The summed E-state index contributed by atoms with van der Waals surface area (Å²) in [5, 5.41) is 7.71. The largest absolute Gasteiger partial charge is 0.381 e. The molecule has 8 nitrogen and oxygen atoms in total.